The zero-order valence-electron chi connectivity index (χ0n) is 3.42. The van der Waals surface area contributed by atoms with E-state index < -0.39 is 0 Å². The van der Waals surface area contributed by atoms with Crippen LogP contribution in [-0.2, 0) is 0 Å². The largest absolute Gasteiger partial charge is 3.00 e. The van der Waals surface area contributed by atoms with Crippen molar-refractivity contribution < 1.29 is 91.6 Å². The maximum absolute atomic E-state index is 3.05. The third kappa shape index (κ3) is 4.00. The van der Waals surface area contributed by atoms with Crippen molar-refractivity contribution in [2.75, 3.05) is 0 Å². The minimum absolute atomic E-state index is 0. The van der Waals surface area contributed by atoms with E-state index in [2.05, 4.69) is 56.8 Å². The molecule has 1 radical (unpaired) electrons. The van der Waals surface area contributed by atoms with E-state index in [0.29, 0.717) is 0.676 Å². The first-order valence-electron chi connectivity index (χ1n) is 1.82. The van der Waals surface area contributed by atoms with Crippen molar-refractivity contribution in [1.82, 2.24) is 0 Å². The maximum Gasteiger partial charge on any atom is 3.00 e. The first-order valence-corrected chi connectivity index (χ1v) is 2.81. The normalized spacial score (nSPS) is 17.4. The molecule has 0 unspecified atom stereocenters. The molecule has 0 saturated heterocycles. The molecule has 0 fully saturated rings. The molecule has 0 atom stereocenters. The minimum atomic E-state index is 0. The van der Waals surface area contributed by atoms with Crippen LogP contribution in [0.1, 0.15) is 0 Å². The van der Waals surface area contributed by atoms with Crippen LogP contribution in [0, 0.1) is 91.6 Å². The van der Waals surface area contributed by atoms with E-state index in [-0.39, 0.29) is 46.9 Å². The molecule has 7 heavy (non-hydrogen) atoms. The van der Waals surface area contributed by atoms with Gasteiger partial charge < -0.3 is 0 Å². The third-order valence-electron chi connectivity index (χ3n) is 0.658. The molecule has 0 saturated carbocycles. The average Bonchev–Trinajstić information content (AvgIpc) is 1.86. The molecule has 0 amide bonds. The van der Waals surface area contributed by atoms with E-state index in [1.807, 2.05) is 12.2 Å². The summed E-state index contributed by atoms with van der Waals surface area (Å²) in [5.74, 6) is 0. The molecule has 0 bridgehead atoms. The molecular weight excluding hydrogens is 406 g/mol. The van der Waals surface area contributed by atoms with Gasteiger partial charge in [0, 0.05) is 0 Å². The molecule has 0 aromatic carbocycles. The molecule has 1 rings (SSSR count). The zero-order valence-corrected chi connectivity index (χ0v) is 6.85. The van der Waals surface area contributed by atoms with Crippen LogP contribution < -0.4 is 0 Å². The maximum atomic E-state index is 3.05. The molecule has 0 heterocycles. The second-order valence-corrected chi connectivity index (χ2v) is 2.28. The summed E-state index contributed by atoms with van der Waals surface area (Å²) in [6.45, 7) is 0. The monoisotopic (exact) mass is 413 g/mol. The summed E-state index contributed by atoms with van der Waals surface area (Å²) in [5, 5.41) is 0. The summed E-state index contributed by atoms with van der Waals surface area (Å²) < 4.78 is 0.546. The predicted octanol–water partition coefficient (Wildman–Crippen LogP) is 1.45. The Morgan fingerprint density at radius 3 is 1.71 bits per heavy atom. The summed E-state index contributed by atoms with van der Waals surface area (Å²) in [4.78, 5) is 0. The minimum Gasteiger partial charge on any atom is 3.00 e. The van der Waals surface area contributed by atoms with E-state index in [1.165, 1.54) is 0 Å². The molecule has 1 aliphatic carbocycles. The van der Waals surface area contributed by atoms with E-state index >= 15 is 0 Å². The van der Waals surface area contributed by atoms with Gasteiger partial charge in [-0.2, -0.15) is 0 Å². The van der Waals surface area contributed by atoms with Crippen LogP contribution in [0.5, 0.6) is 0 Å². The van der Waals surface area contributed by atoms with Crippen molar-refractivity contribution in [3.8, 4) is 0 Å². The van der Waals surface area contributed by atoms with Gasteiger partial charge in [0.05, 0.1) is 0 Å². The summed E-state index contributed by atoms with van der Waals surface area (Å²) in [6, 6.07) is 0. The van der Waals surface area contributed by atoms with E-state index in [1.54, 1.807) is 0 Å². The molecule has 1 aliphatic rings. The Kier molecular flexibility index (Phi) is 7.23. The van der Waals surface area contributed by atoms with Crippen LogP contribution >= 0.6 is 0 Å². The van der Waals surface area contributed by atoms with Crippen molar-refractivity contribution in [2.24, 2.45) is 0 Å². The summed E-state index contributed by atoms with van der Waals surface area (Å²) >= 11 is 3.05. The van der Waals surface area contributed by atoms with Crippen molar-refractivity contribution in [3.05, 3.63) is 24.3 Å². The Bertz CT molecular complexity index is 82.3. The Morgan fingerprint density at radius 2 is 1.57 bits per heavy atom. The van der Waals surface area contributed by atoms with Gasteiger partial charge in [-0.1, -0.05) is 0 Å². The first-order chi connectivity index (χ1) is 2.89. The summed E-state index contributed by atoms with van der Waals surface area (Å²) in [7, 11) is 0. The fourth-order valence-corrected chi connectivity index (χ4v) is 0.761. The van der Waals surface area contributed by atoms with Crippen LogP contribution in [0.2, 0.25) is 0.676 Å². The van der Waals surface area contributed by atoms with Gasteiger partial charge in [0.2, 0.25) is 0 Å². The van der Waals surface area contributed by atoms with Crippen molar-refractivity contribution in [2.45, 2.75) is 0.676 Å². The summed E-state index contributed by atoms with van der Waals surface area (Å²) in [6.07, 6.45) is 8.29. The topological polar surface area (TPSA) is 0 Å². The van der Waals surface area contributed by atoms with Crippen molar-refractivity contribution in [1.29, 1.82) is 0 Å². The van der Waals surface area contributed by atoms with Crippen molar-refractivity contribution >= 4 is 0 Å². The molecule has 0 spiro atoms. The molecule has 0 aromatic rings. The average molecular weight is 411 g/mol. The van der Waals surface area contributed by atoms with Gasteiger partial charge in [0.15, 0.2) is 0 Å². The van der Waals surface area contributed by atoms with Gasteiger partial charge in [0.25, 0.3) is 0 Å². The number of allylic oxidation sites excluding steroid dienone is 4. The van der Waals surface area contributed by atoms with Gasteiger partial charge in [-0.15, -0.1) is 0 Å². The van der Waals surface area contributed by atoms with Crippen LogP contribution in [-0.4, -0.2) is 0 Å². The second-order valence-electron chi connectivity index (χ2n) is 1.14. The van der Waals surface area contributed by atoms with Gasteiger partial charge in [-0.25, -0.2) is 0 Å². The van der Waals surface area contributed by atoms with Gasteiger partial charge in [-0.3, -0.25) is 0 Å². The number of hydrogen-bond acceptors (Lipinski definition) is 0. The Balaban J connectivity index is 0.000000360. The Labute approximate surface area is 113 Å². The number of rotatable bonds is 0. The summed E-state index contributed by atoms with van der Waals surface area (Å²) in [5.41, 5.74) is 0. The van der Waals surface area contributed by atoms with Gasteiger partial charge in [0.1, 0.15) is 0 Å². The predicted molar refractivity (Wildman–Crippen MR) is 22.0 cm³/mol. The van der Waals surface area contributed by atoms with Crippen LogP contribution in [0.3, 0.4) is 0 Å². The molecule has 0 nitrogen and oxygen atoms in total. The van der Waals surface area contributed by atoms with Crippen LogP contribution in [0.15, 0.2) is 24.3 Å². The molecule has 2 heteroatoms. The Hall–Kier alpha value is 2.52. The Morgan fingerprint density at radius 1 is 1.14 bits per heavy atom. The fourth-order valence-electron chi connectivity index (χ4n) is 0.380. The standard InChI is InChI=1S/C5H5.2Yb/c1-2-4-5-3-1;;/h1-5H;;/q;+2;+3. The zero-order chi connectivity index (χ0) is 4.41. The molecule has 0 aromatic heterocycles. The fraction of sp³-hybridized carbons (Fsp3) is 0.200. The van der Waals surface area contributed by atoms with Crippen molar-refractivity contribution in [3.63, 3.8) is 0 Å². The van der Waals surface area contributed by atoms with Crippen LogP contribution in [0.4, 0.5) is 0 Å². The van der Waals surface area contributed by atoms with E-state index in [9.17, 15) is 0 Å². The molecule has 0 N–H and O–H groups in total. The third-order valence-corrected chi connectivity index (χ3v) is 1.32. The smallest absolute Gasteiger partial charge is 3.00 e. The quantitative estimate of drug-likeness (QED) is 0.567. The first kappa shape index (κ1) is 9.52. The SMILES string of the molecule is [Yb+2][CH]1C=CC=C1.[Yb+3]. The van der Waals surface area contributed by atoms with Gasteiger partial charge >= 0.3 is 117 Å². The molecule has 0 aliphatic heterocycles. The van der Waals surface area contributed by atoms with E-state index in [0.717, 1.165) is 0 Å². The molecular formula is C5H5Yb2+5. The van der Waals surface area contributed by atoms with Crippen LogP contribution in [0.25, 0.3) is 0 Å². The number of hydrogen-bond donors (Lipinski definition) is 0. The molecule has 48 valence electrons. The second kappa shape index (κ2) is 5.32. The van der Waals surface area contributed by atoms with Gasteiger partial charge in [-0.05, 0) is 0 Å². The van der Waals surface area contributed by atoms with E-state index in [4.69, 9.17) is 0 Å².